The van der Waals surface area contributed by atoms with Gasteiger partial charge < -0.3 is 9.40 Å². The number of sulfonamides is 1. The number of hydrogen-bond donors (Lipinski definition) is 1. The van der Waals surface area contributed by atoms with Gasteiger partial charge in [-0.05, 0) is 36.8 Å². The molecule has 9 heteroatoms. The van der Waals surface area contributed by atoms with Crippen molar-refractivity contribution in [2.24, 2.45) is 0 Å². The molecule has 7 nitrogen and oxygen atoms in total. The van der Waals surface area contributed by atoms with Gasteiger partial charge in [-0.15, -0.1) is 10.2 Å². The van der Waals surface area contributed by atoms with Gasteiger partial charge >= 0.3 is 0 Å². The lowest BCUT2D eigenvalue weighted by atomic mass is 10.2. The largest absolute Gasteiger partial charge is 0.415 e. The second kappa shape index (κ2) is 8.01. The molecular formula is C18H21FN4O3S. The molecule has 0 atom stereocenters. The van der Waals surface area contributed by atoms with Crippen molar-refractivity contribution in [3.05, 3.63) is 42.3 Å². The van der Waals surface area contributed by atoms with Crippen molar-refractivity contribution in [1.29, 1.82) is 0 Å². The zero-order chi connectivity index (χ0) is 19.4. The van der Waals surface area contributed by atoms with Crippen LogP contribution in [0.2, 0.25) is 0 Å². The molecule has 0 unspecified atom stereocenters. The summed E-state index contributed by atoms with van der Waals surface area (Å²) in [5, 5.41) is 7.88. The summed E-state index contributed by atoms with van der Waals surface area (Å²) in [6, 6.07) is 7.14. The van der Waals surface area contributed by atoms with E-state index in [0.29, 0.717) is 24.3 Å². The quantitative estimate of drug-likeness (QED) is 0.631. The lowest BCUT2D eigenvalue weighted by molar-refractivity contribution is 0.419. The van der Waals surface area contributed by atoms with Crippen molar-refractivity contribution in [1.82, 2.24) is 19.5 Å². The first-order chi connectivity index (χ1) is 13.0. The summed E-state index contributed by atoms with van der Waals surface area (Å²) < 4.78 is 45.6. The fourth-order valence-electron chi connectivity index (χ4n) is 2.62. The third-order valence-electron chi connectivity index (χ3n) is 4.15. The average Bonchev–Trinajstić information content (AvgIpc) is 3.32. The van der Waals surface area contributed by atoms with E-state index in [1.165, 1.54) is 40.8 Å². The van der Waals surface area contributed by atoms with Crippen LogP contribution in [0.25, 0.3) is 23.0 Å². The molecule has 0 aliphatic heterocycles. The molecule has 2 heterocycles. The van der Waals surface area contributed by atoms with Gasteiger partial charge in [-0.3, -0.25) is 0 Å². The van der Waals surface area contributed by atoms with Gasteiger partial charge in [0.15, 0.2) is 0 Å². The maximum atomic E-state index is 13.0. The summed E-state index contributed by atoms with van der Waals surface area (Å²) in [5.41, 5.74) is 0.979. The minimum Gasteiger partial charge on any atom is -0.415 e. The van der Waals surface area contributed by atoms with E-state index in [1.807, 2.05) is 13.8 Å². The van der Waals surface area contributed by atoms with Crippen LogP contribution in [-0.2, 0) is 10.0 Å². The predicted octanol–water partition coefficient (Wildman–Crippen LogP) is 3.68. The molecule has 0 saturated heterocycles. The minimum absolute atomic E-state index is 0.150. The molecule has 1 N–H and O–H groups in total. The average molecular weight is 392 g/mol. The van der Waals surface area contributed by atoms with Crippen molar-refractivity contribution in [2.45, 2.75) is 31.6 Å². The first-order valence-electron chi connectivity index (χ1n) is 8.74. The SMILES string of the molecule is CCCCN(CC)S(=O)(=O)c1c[nH]c(-c2nnc(-c3ccc(F)cc3)o2)c1. The van der Waals surface area contributed by atoms with Gasteiger partial charge in [0.25, 0.3) is 5.89 Å². The van der Waals surface area contributed by atoms with Crippen LogP contribution in [0.3, 0.4) is 0 Å². The Hall–Kier alpha value is -2.52. The van der Waals surface area contributed by atoms with Crippen molar-refractivity contribution < 1.29 is 17.2 Å². The lowest BCUT2D eigenvalue weighted by Crippen LogP contribution is -2.31. The van der Waals surface area contributed by atoms with Crippen LogP contribution < -0.4 is 0 Å². The molecule has 0 amide bonds. The molecule has 0 fully saturated rings. The molecule has 0 aliphatic rings. The molecule has 3 rings (SSSR count). The van der Waals surface area contributed by atoms with E-state index in [1.54, 1.807) is 0 Å². The highest BCUT2D eigenvalue weighted by Gasteiger charge is 2.25. The molecule has 0 spiro atoms. The molecule has 3 aromatic rings. The van der Waals surface area contributed by atoms with Gasteiger partial charge in [0.1, 0.15) is 16.4 Å². The molecule has 144 valence electrons. The van der Waals surface area contributed by atoms with Crippen LogP contribution in [0.15, 0.2) is 45.8 Å². The van der Waals surface area contributed by atoms with Crippen molar-refractivity contribution in [3.8, 4) is 23.0 Å². The topological polar surface area (TPSA) is 92.1 Å². The summed E-state index contributed by atoms with van der Waals surface area (Å²) in [6.07, 6.45) is 3.13. The number of halogens is 1. The van der Waals surface area contributed by atoms with Crippen LogP contribution in [0, 0.1) is 5.82 Å². The summed E-state index contributed by atoms with van der Waals surface area (Å²) >= 11 is 0. The van der Waals surface area contributed by atoms with Crippen LogP contribution in [-0.4, -0.2) is 41.0 Å². The number of nitrogens with zero attached hydrogens (tertiary/aromatic N) is 3. The molecule has 2 aromatic heterocycles. The van der Waals surface area contributed by atoms with Crippen LogP contribution >= 0.6 is 0 Å². The Morgan fingerprint density at radius 3 is 2.52 bits per heavy atom. The van der Waals surface area contributed by atoms with E-state index in [4.69, 9.17) is 4.42 Å². The molecule has 0 radical (unpaired) electrons. The highest BCUT2D eigenvalue weighted by atomic mass is 32.2. The number of aromatic nitrogens is 3. The Labute approximate surface area is 157 Å². The molecule has 0 bridgehead atoms. The van der Waals surface area contributed by atoms with Gasteiger partial charge in [0.05, 0.1) is 0 Å². The number of unbranched alkanes of at least 4 members (excludes halogenated alkanes) is 1. The Morgan fingerprint density at radius 1 is 1.15 bits per heavy atom. The monoisotopic (exact) mass is 392 g/mol. The third-order valence-corrected chi connectivity index (χ3v) is 6.11. The predicted molar refractivity (Wildman–Crippen MR) is 98.8 cm³/mol. The molecule has 27 heavy (non-hydrogen) atoms. The second-order valence-electron chi connectivity index (χ2n) is 6.02. The first kappa shape index (κ1) is 19.2. The molecule has 0 aliphatic carbocycles. The lowest BCUT2D eigenvalue weighted by Gasteiger charge is -2.19. The van der Waals surface area contributed by atoms with Gasteiger partial charge in [-0.1, -0.05) is 20.3 Å². The van der Waals surface area contributed by atoms with Crippen molar-refractivity contribution in [3.63, 3.8) is 0 Å². The normalized spacial score (nSPS) is 12.0. The van der Waals surface area contributed by atoms with Crippen molar-refractivity contribution >= 4 is 10.0 Å². The van der Waals surface area contributed by atoms with E-state index in [9.17, 15) is 12.8 Å². The number of benzene rings is 1. The van der Waals surface area contributed by atoms with Crippen molar-refractivity contribution in [2.75, 3.05) is 13.1 Å². The standard InChI is InChI=1S/C18H21FN4O3S/c1-3-5-10-23(4-2)27(24,25)15-11-16(20-12-15)18-22-21-17(26-18)13-6-8-14(19)9-7-13/h6-9,11-12,20H,3-5,10H2,1-2H3. The number of hydrogen-bond acceptors (Lipinski definition) is 5. The third kappa shape index (κ3) is 4.09. The zero-order valence-electron chi connectivity index (χ0n) is 15.1. The minimum atomic E-state index is -3.59. The van der Waals surface area contributed by atoms with Gasteiger partial charge in [-0.25, -0.2) is 12.8 Å². The number of aromatic amines is 1. The number of H-pyrrole nitrogens is 1. The maximum absolute atomic E-state index is 13.0. The van der Waals surface area contributed by atoms with Crippen LogP contribution in [0.5, 0.6) is 0 Å². The Balaban J connectivity index is 1.84. The Morgan fingerprint density at radius 2 is 1.85 bits per heavy atom. The zero-order valence-corrected chi connectivity index (χ0v) is 16.0. The van der Waals surface area contributed by atoms with E-state index < -0.39 is 10.0 Å². The summed E-state index contributed by atoms with van der Waals surface area (Å²) in [5.74, 6) is 0.0239. The fraction of sp³-hybridized carbons (Fsp3) is 0.333. The van der Waals surface area contributed by atoms with Crippen LogP contribution in [0.1, 0.15) is 26.7 Å². The van der Waals surface area contributed by atoms with Gasteiger partial charge in [0, 0.05) is 24.8 Å². The Kier molecular flexibility index (Phi) is 5.71. The highest BCUT2D eigenvalue weighted by molar-refractivity contribution is 7.89. The summed E-state index contributed by atoms with van der Waals surface area (Å²) in [7, 11) is -3.59. The summed E-state index contributed by atoms with van der Waals surface area (Å²) in [4.78, 5) is 3.03. The first-order valence-corrected chi connectivity index (χ1v) is 10.2. The molecule has 0 saturated carbocycles. The van der Waals surface area contributed by atoms with E-state index >= 15 is 0 Å². The summed E-state index contributed by atoms with van der Waals surface area (Å²) in [6.45, 7) is 4.71. The number of rotatable bonds is 8. The van der Waals surface area contributed by atoms with E-state index in [2.05, 4.69) is 15.2 Å². The van der Waals surface area contributed by atoms with E-state index in [-0.39, 0.29) is 22.5 Å². The fourth-order valence-corrected chi connectivity index (χ4v) is 4.10. The highest BCUT2D eigenvalue weighted by Crippen LogP contribution is 2.26. The smallest absolute Gasteiger partial charge is 0.264 e. The number of nitrogens with one attached hydrogen (secondary N) is 1. The molecular weight excluding hydrogens is 371 g/mol. The van der Waals surface area contributed by atoms with Crippen LogP contribution in [0.4, 0.5) is 4.39 Å². The van der Waals surface area contributed by atoms with Gasteiger partial charge in [-0.2, -0.15) is 4.31 Å². The second-order valence-corrected chi connectivity index (χ2v) is 7.96. The Bertz CT molecular complexity index is 996. The maximum Gasteiger partial charge on any atom is 0.264 e. The van der Waals surface area contributed by atoms with Gasteiger partial charge in [0.2, 0.25) is 15.9 Å². The molecule has 1 aromatic carbocycles. The van der Waals surface area contributed by atoms with E-state index in [0.717, 1.165) is 12.8 Å².